The molecule has 59 heavy (non-hydrogen) atoms. The predicted molar refractivity (Wildman–Crippen MR) is 211 cm³/mol. The monoisotopic (exact) mass is 840 g/mol. The summed E-state index contributed by atoms with van der Waals surface area (Å²) in [6.07, 6.45) is 1.03. The number of imidazole rings is 1. The molecule has 4 aromatic rings. The molecule has 3 aromatic heterocycles. The molecule has 7 rings (SSSR count). The number of piperidine rings is 1. The number of hydrogen-bond acceptors (Lipinski definition) is 9. The van der Waals surface area contributed by atoms with Gasteiger partial charge in [0.05, 0.1) is 72.5 Å². The largest absolute Gasteiger partial charge is 0.481 e. The zero-order valence-electron chi connectivity index (χ0n) is 32.4. The number of pyridine rings is 1. The highest BCUT2D eigenvalue weighted by Gasteiger charge is 2.41. The molecule has 0 radical (unpaired) electrons. The number of nitrogens with zero attached hydrogens (tertiary/aromatic N) is 8. The fraction of sp³-hybridized carbons (Fsp3) is 0.462. The average molecular weight is 841 g/mol. The van der Waals surface area contributed by atoms with Crippen molar-refractivity contribution in [3.8, 4) is 17.1 Å². The van der Waals surface area contributed by atoms with Crippen LogP contribution >= 0.6 is 11.6 Å². The molecule has 3 fully saturated rings. The van der Waals surface area contributed by atoms with E-state index in [-0.39, 0.29) is 63.3 Å². The molecule has 0 unspecified atom stereocenters. The first-order chi connectivity index (χ1) is 28.1. The van der Waals surface area contributed by atoms with Crippen LogP contribution < -0.4 is 16.4 Å². The molecule has 314 valence electrons. The SMILES string of the molecule is Cn1c(-c2cn(-c3ccc(N)cn3)nc2C(F)(F)F)cnc1C(=O)Nc1ccc(C(=O)N2CCN(C(=O)C3CC[N+](CCCC(=O)O)(CC4CNC4)CC3)CC2)c(Cl)c1. The van der Waals surface area contributed by atoms with Crippen molar-refractivity contribution in [1.29, 1.82) is 0 Å². The first-order valence-corrected chi connectivity index (χ1v) is 19.9. The lowest BCUT2D eigenvalue weighted by Crippen LogP contribution is -2.61. The molecule has 3 aliphatic rings. The van der Waals surface area contributed by atoms with Gasteiger partial charge < -0.3 is 40.3 Å². The zero-order valence-corrected chi connectivity index (χ0v) is 33.2. The number of piperazine rings is 1. The highest BCUT2D eigenvalue weighted by molar-refractivity contribution is 6.34. The van der Waals surface area contributed by atoms with Gasteiger partial charge in [0, 0.05) is 89.3 Å². The number of quaternary nitrogens is 1. The van der Waals surface area contributed by atoms with E-state index in [0.717, 1.165) is 73.7 Å². The van der Waals surface area contributed by atoms with E-state index in [4.69, 9.17) is 17.3 Å². The summed E-state index contributed by atoms with van der Waals surface area (Å²) in [5, 5.41) is 18.9. The van der Waals surface area contributed by atoms with Crippen molar-refractivity contribution < 1.29 is 41.9 Å². The van der Waals surface area contributed by atoms with Crippen LogP contribution in [0.4, 0.5) is 24.5 Å². The van der Waals surface area contributed by atoms with E-state index < -0.39 is 23.7 Å². The standard InChI is InChI=1S/C39H45ClF3N11O5/c1-50-31(29-22-53(49-34(29)39(41,42)43)32-7-4-26(44)20-46-32)21-47-35(50)36(57)48-27-5-6-28(30(40)17-27)38(59)52-12-10-51(11-13-52)37(58)25-8-15-54(16-9-25,14-2-3-33(55)56)23-24-18-45-19-24/h4-7,17,20-22,24-25,45H,2-3,8-16,18-19,23,44H2,1H3,(H-,48,55,56,57,59)/p+1. The molecule has 6 heterocycles. The van der Waals surface area contributed by atoms with E-state index in [0.29, 0.717) is 44.2 Å². The van der Waals surface area contributed by atoms with Crippen LogP contribution in [0.25, 0.3) is 17.1 Å². The third kappa shape index (κ3) is 9.21. The molecule has 0 atom stereocenters. The number of aliphatic carboxylic acids is 1. The van der Waals surface area contributed by atoms with Gasteiger partial charge in [-0.05, 0) is 30.3 Å². The smallest absolute Gasteiger partial charge is 0.435 e. The predicted octanol–water partition coefficient (Wildman–Crippen LogP) is 3.77. The van der Waals surface area contributed by atoms with Crippen LogP contribution in [0.5, 0.6) is 0 Å². The van der Waals surface area contributed by atoms with Crippen LogP contribution in [0.3, 0.4) is 0 Å². The van der Waals surface area contributed by atoms with Crippen molar-refractivity contribution in [2.24, 2.45) is 18.9 Å². The number of likely N-dealkylation sites (tertiary alicyclic amines) is 1. The van der Waals surface area contributed by atoms with Gasteiger partial charge in [-0.2, -0.15) is 18.3 Å². The lowest BCUT2D eigenvalue weighted by molar-refractivity contribution is -0.936. The topological polar surface area (TPSA) is 194 Å². The number of rotatable bonds is 12. The van der Waals surface area contributed by atoms with Crippen molar-refractivity contribution in [3.63, 3.8) is 0 Å². The van der Waals surface area contributed by atoms with Gasteiger partial charge in [0.15, 0.2) is 17.3 Å². The van der Waals surface area contributed by atoms with Crippen molar-refractivity contribution in [1.82, 2.24) is 39.4 Å². The number of nitrogens with one attached hydrogen (secondary N) is 2. The molecular weight excluding hydrogens is 795 g/mol. The summed E-state index contributed by atoms with van der Waals surface area (Å²) in [6, 6.07) is 7.30. The van der Waals surface area contributed by atoms with Crippen molar-refractivity contribution in [2.75, 3.05) is 76.5 Å². The summed E-state index contributed by atoms with van der Waals surface area (Å²) in [5.41, 5.74) is 4.90. The normalized spacial score (nSPS) is 20.0. The van der Waals surface area contributed by atoms with Crippen molar-refractivity contribution >= 4 is 46.7 Å². The van der Waals surface area contributed by atoms with Crippen LogP contribution in [0, 0.1) is 11.8 Å². The molecular formula is C39H46ClF3N11O5+. The minimum Gasteiger partial charge on any atom is -0.481 e. The Balaban J connectivity index is 0.942. The van der Waals surface area contributed by atoms with Gasteiger partial charge in [-0.1, -0.05) is 11.6 Å². The number of aromatic nitrogens is 5. The summed E-state index contributed by atoms with van der Waals surface area (Å²) in [5.74, 6) is -1.36. The van der Waals surface area contributed by atoms with Crippen LogP contribution in [0.15, 0.2) is 48.9 Å². The molecule has 1 aromatic carbocycles. The Bertz CT molecular complexity index is 2210. The van der Waals surface area contributed by atoms with Crippen molar-refractivity contribution in [3.05, 3.63) is 71.0 Å². The third-order valence-corrected chi connectivity index (χ3v) is 11.9. The maximum absolute atomic E-state index is 14.1. The Hall–Kier alpha value is -5.53. The van der Waals surface area contributed by atoms with Gasteiger partial charge in [0.2, 0.25) is 5.91 Å². The van der Waals surface area contributed by atoms with Crippen molar-refractivity contribution in [2.45, 2.75) is 31.9 Å². The molecule has 3 aliphatic heterocycles. The second-order valence-electron chi connectivity index (χ2n) is 15.6. The van der Waals surface area contributed by atoms with E-state index in [9.17, 15) is 37.5 Å². The zero-order chi connectivity index (χ0) is 42.1. The summed E-state index contributed by atoms with van der Waals surface area (Å²) < 4.78 is 45.3. The molecule has 3 amide bonds. The average Bonchev–Trinajstić information content (AvgIpc) is 3.81. The third-order valence-electron chi connectivity index (χ3n) is 11.6. The minimum atomic E-state index is -4.83. The number of carboxylic acid groups (broad SMARTS) is 1. The number of nitrogens with two attached hydrogens (primary N) is 1. The minimum absolute atomic E-state index is 0.0212. The Morgan fingerprint density at radius 3 is 2.34 bits per heavy atom. The number of anilines is 2. The number of amides is 3. The van der Waals surface area contributed by atoms with E-state index in [1.807, 2.05) is 4.90 Å². The molecule has 20 heteroatoms. The number of halogens is 4. The van der Waals surface area contributed by atoms with E-state index in [1.165, 1.54) is 48.1 Å². The summed E-state index contributed by atoms with van der Waals surface area (Å²) in [4.78, 5) is 63.2. The quantitative estimate of drug-likeness (QED) is 0.153. The lowest BCUT2D eigenvalue weighted by Gasteiger charge is -2.47. The van der Waals surface area contributed by atoms with E-state index in [2.05, 4.69) is 25.7 Å². The molecule has 0 bridgehead atoms. The summed E-state index contributed by atoms with van der Waals surface area (Å²) in [6.45, 7) is 6.87. The number of benzene rings is 1. The Morgan fingerprint density at radius 2 is 1.73 bits per heavy atom. The number of hydrogen-bond donors (Lipinski definition) is 4. The highest BCUT2D eigenvalue weighted by atomic mass is 35.5. The fourth-order valence-electron chi connectivity index (χ4n) is 8.25. The second kappa shape index (κ2) is 17.0. The Morgan fingerprint density at radius 1 is 1.02 bits per heavy atom. The number of carboxylic acids is 1. The van der Waals surface area contributed by atoms with Gasteiger partial charge in [-0.3, -0.25) is 19.2 Å². The Labute approximate surface area is 342 Å². The lowest BCUT2D eigenvalue weighted by atomic mass is 9.90. The molecule has 16 nitrogen and oxygen atoms in total. The molecule has 0 saturated carbocycles. The van der Waals surface area contributed by atoms with Gasteiger partial charge in [-0.25, -0.2) is 14.6 Å². The van der Waals surface area contributed by atoms with Crippen LogP contribution in [0.1, 0.15) is 52.4 Å². The number of nitrogen functional groups attached to an aromatic ring is 1. The summed E-state index contributed by atoms with van der Waals surface area (Å²) in [7, 11) is 1.40. The number of alkyl halides is 3. The van der Waals surface area contributed by atoms with Crippen LogP contribution in [-0.2, 0) is 22.8 Å². The molecule has 0 aliphatic carbocycles. The van der Waals surface area contributed by atoms with Gasteiger partial charge in [-0.15, -0.1) is 0 Å². The number of carbonyl (C=O) groups is 4. The van der Waals surface area contributed by atoms with Gasteiger partial charge >= 0.3 is 12.1 Å². The van der Waals surface area contributed by atoms with Crippen LogP contribution in [0.2, 0.25) is 5.02 Å². The maximum atomic E-state index is 14.1. The summed E-state index contributed by atoms with van der Waals surface area (Å²) >= 11 is 6.56. The van der Waals surface area contributed by atoms with E-state index in [1.54, 1.807) is 4.90 Å². The highest BCUT2D eigenvalue weighted by Crippen LogP contribution is 2.37. The first kappa shape index (κ1) is 41.6. The number of carbonyl (C=O) groups excluding carboxylic acids is 3. The Kier molecular flexibility index (Phi) is 12.0. The van der Waals surface area contributed by atoms with E-state index >= 15 is 0 Å². The first-order valence-electron chi connectivity index (χ1n) is 19.5. The second-order valence-corrected chi connectivity index (χ2v) is 16.0. The molecule has 0 spiro atoms. The molecule has 5 N–H and O–H groups in total. The molecule has 3 saturated heterocycles. The van der Waals surface area contributed by atoms with Gasteiger partial charge in [0.1, 0.15) is 0 Å². The van der Waals surface area contributed by atoms with Crippen LogP contribution in [-0.4, -0.2) is 133 Å². The fourth-order valence-corrected chi connectivity index (χ4v) is 8.52. The van der Waals surface area contributed by atoms with Gasteiger partial charge in [0.25, 0.3) is 11.8 Å². The maximum Gasteiger partial charge on any atom is 0.435 e.